The van der Waals surface area contributed by atoms with Crippen LogP contribution >= 0.6 is 0 Å². The number of piperidine rings is 1. The highest BCUT2D eigenvalue weighted by molar-refractivity contribution is 5.87. The molecule has 5 heteroatoms. The Morgan fingerprint density at radius 3 is 2.84 bits per heavy atom. The van der Waals surface area contributed by atoms with Crippen molar-refractivity contribution in [1.29, 1.82) is 0 Å². The maximum atomic E-state index is 10.7. The van der Waals surface area contributed by atoms with Gasteiger partial charge in [-0.15, -0.1) is 0 Å². The van der Waals surface area contributed by atoms with Crippen LogP contribution in [0.2, 0.25) is 0 Å². The molecule has 1 fully saturated rings. The fraction of sp³-hybridized carbons (Fsp3) is 0.643. The van der Waals surface area contributed by atoms with Crippen LogP contribution in [0.25, 0.3) is 0 Å². The van der Waals surface area contributed by atoms with Gasteiger partial charge in [0.05, 0.1) is 12.1 Å². The third kappa shape index (κ3) is 4.08. The van der Waals surface area contributed by atoms with Gasteiger partial charge in [0, 0.05) is 12.6 Å². The van der Waals surface area contributed by atoms with Gasteiger partial charge in [-0.1, -0.05) is 6.42 Å². The second-order valence-corrected chi connectivity index (χ2v) is 5.18. The number of nitrogens with one attached hydrogen (secondary N) is 1. The number of carboxylic acids is 1. The highest BCUT2D eigenvalue weighted by Crippen LogP contribution is 2.12. The van der Waals surface area contributed by atoms with E-state index in [1.165, 1.54) is 38.6 Å². The van der Waals surface area contributed by atoms with Gasteiger partial charge in [-0.2, -0.15) is 0 Å². The van der Waals surface area contributed by atoms with Crippen LogP contribution in [0.15, 0.2) is 16.7 Å². The summed E-state index contributed by atoms with van der Waals surface area (Å²) in [7, 11) is 0. The highest BCUT2D eigenvalue weighted by atomic mass is 16.4. The Bertz CT molecular complexity index is 411. The number of aromatic carboxylic acids is 1. The van der Waals surface area contributed by atoms with Gasteiger partial charge in [0.2, 0.25) is 0 Å². The van der Waals surface area contributed by atoms with Crippen molar-refractivity contribution in [3.8, 4) is 0 Å². The van der Waals surface area contributed by atoms with Crippen molar-refractivity contribution in [2.45, 2.75) is 38.8 Å². The fourth-order valence-electron chi connectivity index (χ4n) is 2.48. The Labute approximate surface area is 113 Å². The first-order chi connectivity index (χ1) is 9.16. The topological polar surface area (TPSA) is 65.7 Å². The molecule has 2 heterocycles. The number of rotatable bonds is 6. The third-order valence-electron chi connectivity index (χ3n) is 3.65. The zero-order chi connectivity index (χ0) is 13.7. The van der Waals surface area contributed by atoms with E-state index >= 15 is 0 Å². The monoisotopic (exact) mass is 266 g/mol. The van der Waals surface area contributed by atoms with Gasteiger partial charge in [0.1, 0.15) is 12.0 Å². The minimum Gasteiger partial charge on any atom is -0.478 e. The van der Waals surface area contributed by atoms with E-state index in [1.807, 2.05) is 0 Å². The Morgan fingerprint density at radius 2 is 2.21 bits per heavy atom. The number of hydrogen-bond donors (Lipinski definition) is 2. The average molecular weight is 266 g/mol. The van der Waals surface area contributed by atoms with Crippen LogP contribution in [-0.2, 0) is 6.54 Å². The molecule has 2 N–H and O–H groups in total. The number of furan rings is 1. The quantitative estimate of drug-likeness (QED) is 0.823. The molecule has 0 amide bonds. The molecule has 5 nitrogen and oxygen atoms in total. The summed E-state index contributed by atoms with van der Waals surface area (Å²) >= 11 is 0. The largest absolute Gasteiger partial charge is 0.478 e. The van der Waals surface area contributed by atoms with Crippen molar-refractivity contribution in [1.82, 2.24) is 10.2 Å². The van der Waals surface area contributed by atoms with E-state index in [0.717, 1.165) is 6.54 Å². The van der Waals surface area contributed by atoms with Crippen molar-refractivity contribution < 1.29 is 14.3 Å². The lowest BCUT2D eigenvalue weighted by Crippen LogP contribution is -2.42. The zero-order valence-electron chi connectivity index (χ0n) is 11.4. The van der Waals surface area contributed by atoms with E-state index in [1.54, 1.807) is 6.07 Å². The number of hydrogen-bond acceptors (Lipinski definition) is 4. The second kappa shape index (κ2) is 6.73. The van der Waals surface area contributed by atoms with Gasteiger partial charge in [-0.3, -0.25) is 4.90 Å². The van der Waals surface area contributed by atoms with Crippen LogP contribution in [0.1, 0.15) is 42.3 Å². The molecule has 0 spiro atoms. The molecule has 0 aromatic carbocycles. The summed E-state index contributed by atoms with van der Waals surface area (Å²) in [6.45, 7) is 6.07. The lowest BCUT2D eigenvalue weighted by Gasteiger charge is -2.32. The van der Waals surface area contributed by atoms with Crippen molar-refractivity contribution in [2.75, 3.05) is 19.6 Å². The number of carbonyl (C=O) groups is 1. The van der Waals surface area contributed by atoms with E-state index in [2.05, 4.69) is 17.1 Å². The summed E-state index contributed by atoms with van der Waals surface area (Å²) in [5.74, 6) is -0.278. The van der Waals surface area contributed by atoms with E-state index in [0.29, 0.717) is 18.3 Å². The summed E-state index contributed by atoms with van der Waals surface area (Å²) < 4.78 is 5.20. The SMILES string of the molecule is CC(CNCc1cc(C(=O)O)co1)N1CCCCC1. The summed E-state index contributed by atoms with van der Waals surface area (Å²) in [6, 6.07) is 2.08. The van der Waals surface area contributed by atoms with Gasteiger partial charge in [-0.25, -0.2) is 4.79 Å². The van der Waals surface area contributed by atoms with Gasteiger partial charge >= 0.3 is 5.97 Å². The summed E-state index contributed by atoms with van der Waals surface area (Å²) in [5.41, 5.74) is 0.209. The Balaban J connectivity index is 1.71. The minimum absolute atomic E-state index is 0.209. The number of nitrogens with zero attached hydrogens (tertiary/aromatic N) is 1. The zero-order valence-corrected chi connectivity index (χ0v) is 11.4. The molecular formula is C14H22N2O3. The molecule has 1 aromatic heterocycles. The molecule has 1 saturated heterocycles. The summed E-state index contributed by atoms with van der Waals surface area (Å²) in [5, 5.41) is 12.1. The maximum Gasteiger partial charge on any atom is 0.338 e. The van der Waals surface area contributed by atoms with E-state index in [-0.39, 0.29) is 5.56 Å². The van der Waals surface area contributed by atoms with Crippen LogP contribution in [0.3, 0.4) is 0 Å². The molecule has 0 saturated carbocycles. The molecule has 1 aliphatic rings. The molecule has 106 valence electrons. The van der Waals surface area contributed by atoms with Gasteiger partial charge in [0.15, 0.2) is 0 Å². The van der Waals surface area contributed by atoms with Crippen LogP contribution in [0.4, 0.5) is 0 Å². The fourth-order valence-corrected chi connectivity index (χ4v) is 2.48. The average Bonchev–Trinajstić information content (AvgIpc) is 2.89. The smallest absolute Gasteiger partial charge is 0.338 e. The molecule has 1 unspecified atom stereocenters. The highest BCUT2D eigenvalue weighted by Gasteiger charge is 2.16. The van der Waals surface area contributed by atoms with Crippen LogP contribution < -0.4 is 5.32 Å². The third-order valence-corrected chi connectivity index (χ3v) is 3.65. The summed E-state index contributed by atoms with van der Waals surface area (Å²) in [4.78, 5) is 13.2. The van der Waals surface area contributed by atoms with Gasteiger partial charge in [-0.05, 0) is 38.9 Å². The van der Waals surface area contributed by atoms with Crippen molar-refractivity contribution in [3.63, 3.8) is 0 Å². The van der Waals surface area contributed by atoms with Crippen LogP contribution in [-0.4, -0.2) is 41.7 Å². The first kappa shape index (κ1) is 14.1. The first-order valence-electron chi connectivity index (χ1n) is 6.92. The summed E-state index contributed by atoms with van der Waals surface area (Å²) in [6.07, 6.45) is 5.23. The molecule has 0 bridgehead atoms. The lowest BCUT2D eigenvalue weighted by molar-refractivity contribution is 0.0696. The Kier molecular flexibility index (Phi) is 4.99. The van der Waals surface area contributed by atoms with Crippen molar-refractivity contribution in [3.05, 3.63) is 23.7 Å². The number of likely N-dealkylation sites (tertiary alicyclic amines) is 1. The molecule has 2 rings (SSSR count). The first-order valence-corrected chi connectivity index (χ1v) is 6.92. The Morgan fingerprint density at radius 1 is 1.47 bits per heavy atom. The van der Waals surface area contributed by atoms with Crippen LogP contribution in [0.5, 0.6) is 0 Å². The van der Waals surface area contributed by atoms with Crippen LogP contribution in [0, 0.1) is 0 Å². The lowest BCUT2D eigenvalue weighted by atomic mass is 10.1. The van der Waals surface area contributed by atoms with E-state index in [4.69, 9.17) is 9.52 Å². The van der Waals surface area contributed by atoms with Gasteiger partial charge < -0.3 is 14.8 Å². The molecule has 1 atom stereocenters. The Hall–Kier alpha value is -1.33. The minimum atomic E-state index is -0.948. The van der Waals surface area contributed by atoms with Gasteiger partial charge in [0.25, 0.3) is 0 Å². The molecule has 1 aliphatic heterocycles. The van der Waals surface area contributed by atoms with Crippen molar-refractivity contribution >= 4 is 5.97 Å². The van der Waals surface area contributed by atoms with E-state index < -0.39 is 5.97 Å². The predicted molar refractivity (Wildman–Crippen MR) is 72.3 cm³/mol. The molecule has 19 heavy (non-hydrogen) atoms. The second-order valence-electron chi connectivity index (χ2n) is 5.18. The molecule has 0 aliphatic carbocycles. The maximum absolute atomic E-state index is 10.7. The molecule has 0 radical (unpaired) electrons. The van der Waals surface area contributed by atoms with Crippen molar-refractivity contribution in [2.24, 2.45) is 0 Å². The predicted octanol–water partition coefficient (Wildman–Crippen LogP) is 1.94. The molecular weight excluding hydrogens is 244 g/mol. The molecule has 1 aromatic rings. The normalized spacial score (nSPS) is 18.4. The number of carboxylic acid groups (broad SMARTS) is 1. The van der Waals surface area contributed by atoms with E-state index in [9.17, 15) is 4.79 Å². The standard InChI is InChI=1S/C14H22N2O3/c1-11(16-5-3-2-4-6-16)8-15-9-13-7-12(10-19-13)14(17)18/h7,10-11,15H,2-6,8-9H2,1H3,(H,17,18).